The lowest BCUT2D eigenvalue weighted by Gasteiger charge is -2.13. The molecule has 0 saturated carbocycles. The van der Waals surface area contributed by atoms with Crippen molar-refractivity contribution in [2.45, 2.75) is 12.5 Å². The Morgan fingerprint density at radius 2 is 2.07 bits per heavy atom. The number of methoxy groups -OCH3 is 1. The fourth-order valence-corrected chi connectivity index (χ4v) is 1.28. The molecule has 0 aromatic heterocycles. The van der Waals surface area contributed by atoms with Gasteiger partial charge >= 0.3 is 5.97 Å². The van der Waals surface area contributed by atoms with E-state index in [-0.39, 0.29) is 12.4 Å². The molecule has 2 N–H and O–H groups in total. The van der Waals surface area contributed by atoms with Crippen molar-refractivity contribution >= 4 is 17.6 Å². The summed E-state index contributed by atoms with van der Waals surface area (Å²) in [6, 6.07) is 6.92. The van der Waals surface area contributed by atoms with Crippen molar-refractivity contribution in [1.29, 1.82) is 0 Å². The van der Waals surface area contributed by atoms with Crippen molar-refractivity contribution in [3.05, 3.63) is 34.9 Å². The number of halogens is 1. The third-order valence-corrected chi connectivity index (χ3v) is 2.24. The Morgan fingerprint density at radius 3 is 2.53 bits per heavy atom. The molecule has 1 atom stereocenters. The maximum Gasteiger partial charge on any atom is 0.308 e. The number of ether oxygens (including phenoxy) is 1. The SMILES string of the molecule is COC(=O)CC(ON)c1ccc(Cl)cc1. The zero-order valence-corrected chi connectivity index (χ0v) is 9.03. The predicted molar refractivity (Wildman–Crippen MR) is 56.1 cm³/mol. The van der Waals surface area contributed by atoms with Gasteiger partial charge in [-0.3, -0.25) is 9.63 Å². The van der Waals surface area contributed by atoms with E-state index >= 15 is 0 Å². The standard InChI is InChI=1S/C10H12ClNO3/c1-14-10(13)6-9(15-12)7-2-4-8(11)5-3-7/h2-5,9H,6,12H2,1H3. The lowest BCUT2D eigenvalue weighted by Crippen LogP contribution is -2.14. The summed E-state index contributed by atoms with van der Waals surface area (Å²) in [5.41, 5.74) is 0.785. The fraction of sp³-hybridized carbons (Fsp3) is 0.300. The summed E-state index contributed by atoms with van der Waals surface area (Å²) in [6.45, 7) is 0. The molecule has 0 fully saturated rings. The number of hydrogen-bond donors (Lipinski definition) is 1. The topological polar surface area (TPSA) is 61.5 Å². The molecule has 0 amide bonds. The van der Waals surface area contributed by atoms with Gasteiger partial charge in [0.25, 0.3) is 0 Å². The first-order valence-corrected chi connectivity index (χ1v) is 4.73. The van der Waals surface area contributed by atoms with Crippen LogP contribution in [0.4, 0.5) is 0 Å². The van der Waals surface area contributed by atoms with Crippen LogP contribution in [0.2, 0.25) is 5.02 Å². The van der Waals surface area contributed by atoms with Crippen LogP contribution in [0, 0.1) is 0 Å². The second kappa shape index (κ2) is 5.70. The van der Waals surface area contributed by atoms with Crippen molar-refractivity contribution in [1.82, 2.24) is 0 Å². The fourth-order valence-electron chi connectivity index (χ4n) is 1.16. The number of benzene rings is 1. The van der Waals surface area contributed by atoms with Crippen molar-refractivity contribution in [2.75, 3.05) is 7.11 Å². The first-order chi connectivity index (χ1) is 7.17. The molecule has 5 heteroatoms. The number of hydrogen-bond acceptors (Lipinski definition) is 4. The Bertz CT molecular complexity index is 326. The van der Waals surface area contributed by atoms with Gasteiger partial charge < -0.3 is 4.74 Å². The third kappa shape index (κ3) is 3.51. The molecule has 0 aliphatic carbocycles. The average molecular weight is 230 g/mol. The van der Waals surface area contributed by atoms with E-state index in [1.54, 1.807) is 24.3 Å². The minimum atomic E-state index is -0.505. The van der Waals surface area contributed by atoms with Gasteiger partial charge in [-0.25, -0.2) is 5.90 Å². The molecule has 82 valence electrons. The molecule has 0 radical (unpaired) electrons. The largest absolute Gasteiger partial charge is 0.469 e. The summed E-state index contributed by atoms with van der Waals surface area (Å²) in [7, 11) is 1.32. The van der Waals surface area contributed by atoms with E-state index in [4.69, 9.17) is 22.3 Å². The molecule has 0 aliphatic rings. The zero-order valence-electron chi connectivity index (χ0n) is 8.27. The lowest BCUT2D eigenvalue weighted by molar-refractivity contribution is -0.144. The molecule has 0 saturated heterocycles. The Morgan fingerprint density at radius 1 is 1.47 bits per heavy atom. The van der Waals surface area contributed by atoms with Crippen molar-refractivity contribution < 1.29 is 14.4 Å². The summed E-state index contributed by atoms with van der Waals surface area (Å²) < 4.78 is 4.53. The van der Waals surface area contributed by atoms with Gasteiger partial charge in [-0.15, -0.1) is 0 Å². The number of esters is 1. The maximum atomic E-state index is 11.0. The van der Waals surface area contributed by atoms with Gasteiger partial charge in [0.1, 0.15) is 6.10 Å². The Hall–Kier alpha value is -1.10. The molecule has 4 nitrogen and oxygen atoms in total. The monoisotopic (exact) mass is 229 g/mol. The van der Waals surface area contributed by atoms with Crippen LogP contribution >= 0.6 is 11.6 Å². The molecule has 0 aliphatic heterocycles. The summed E-state index contributed by atoms with van der Waals surface area (Å²) in [6.07, 6.45) is -0.427. The molecular formula is C10H12ClNO3. The van der Waals surface area contributed by atoms with Crippen LogP contribution in [0.15, 0.2) is 24.3 Å². The van der Waals surface area contributed by atoms with Crippen molar-refractivity contribution in [3.63, 3.8) is 0 Å². The van der Waals surface area contributed by atoms with E-state index in [9.17, 15) is 4.79 Å². The van der Waals surface area contributed by atoms with Crippen LogP contribution in [-0.2, 0) is 14.4 Å². The smallest absolute Gasteiger partial charge is 0.308 e. The van der Waals surface area contributed by atoms with Crippen LogP contribution in [0.25, 0.3) is 0 Å². The van der Waals surface area contributed by atoms with Gasteiger partial charge in [-0.05, 0) is 17.7 Å². The van der Waals surface area contributed by atoms with E-state index < -0.39 is 6.10 Å². The minimum Gasteiger partial charge on any atom is -0.469 e. The van der Waals surface area contributed by atoms with E-state index in [0.717, 1.165) is 5.56 Å². The maximum absolute atomic E-state index is 11.0. The van der Waals surface area contributed by atoms with Crippen LogP contribution < -0.4 is 5.90 Å². The normalized spacial score (nSPS) is 12.2. The molecule has 1 aromatic rings. The number of carbonyl (C=O) groups is 1. The highest BCUT2D eigenvalue weighted by Crippen LogP contribution is 2.21. The average Bonchev–Trinajstić information content (AvgIpc) is 2.27. The molecule has 0 spiro atoms. The second-order valence-corrected chi connectivity index (χ2v) is 3.39. The summed E-state index contributed by atoms with van der Waals surface area (Å²) in [4.78, 5) is 15.7. The van der Waals surface area contributed by atoms with Gasteiger partial charge in [0.2, 0.25) is 0 Å². The van der Waals surface area contributed by atoms with Crippen molar-refractivity contribution in [2.24, 2.45) is 5.90 Å². The van der Waals surface area contributed by atoms with E-state index in [0.29, 0.717) is 5.02 Å². The molecule has 0 heterocycles. The molecule has 15 heavy (non-hydrogen) atoms. The Labute approximate surface area is 92.9 Å². The summed E-state index contributed by atoms with van der Waals surface area (Å²) in [5, 5.41) is 0.618. The van der Waals surface area contributed by atoms with E-state index in [2.05, 4.69) is 4.74 Å². The van der Waals surface area contributed by atoms with Crippen LogP contribution in [0.1, 0.15) is 18.1 Å². The predicted octanol–water partition coefficient (Wildman–Crippen LogP) is 1.83. The first-order valence-electron chi connectivity index (χ1n) is 4.35. The number of rotatable bonds is 4. The van der Waals surface area contributed by atoms with Gasteiger partial charge in [0, 0.05) is 5.02 Å². The molecule has 1 rings (SSSR count). The second-order valence-electron chi connectivity index (χ2n) is 2.96. The van der Waals surface area contributed by atoms with Gasteiger partial charge in [0.05, 0.1) is 13.5 Å². The van der Waals surface area contributed by atoms with Crippen LogP contribution in [0.5, 0.6) is 0 Å². The van der Waals surface area contributed by atoms with Crippen molar-refractivity contribution in [3.8, 4) is 0 Å². The number of nitrogens with two attached hydrogens (primary N) is 1. The Kier molecular flexibility index (Phi) is 4.55. The minimum absolute atomic E-state index is 0.0780. The van der Waals surface area contributed by atoms with E-state index in [1.165, 1.54) is 7.11 Å². The van der Waals surface area contributed by atoms with Gasteiger partial charge in [-0.1, -0.05) is 23.7 Å². The molecular weight excluding hydrogens is 218 g/mol. The quantitative estimate of drug-likeness (QED) is 0.632. The molecule has 1 aromatic carbocycles. The van der Waals surface area contributed by atoms with Gasteiger partial charge in [-0.2, -0.15) is 0 Å². The third-order valence-electron chi connectivity index (χ3n) is 1.99. The van der Waals surface area contributed by atoms with Crippen LogP contribution in [0.3, 0.4) is 0 Å². The first kappa shape index (κ1) is 12.0. The molecule has 1 unspecified atom stereocenters. The van der Waals surface area contributed by atoms with Gasteiger partial charge in [0.15, 0.2) is 0 Å². The zero-order chi connectivity index (χ0) is 11.3. The number of carbonyl (C=O) groups excluding carboxylic acids is 1. The summed E-state index contributed by atoms with van der Waals surface area (Å²) >= 11 is 5.73. The van der Waals surface area contributed by atoms with Crippen LogP contribution in [-0.4, -0.2) is 13.1 Å². The highest BCUT2D eigenvalue weighted by molar-refractivity contribution is 6.30. The Balaban J connectivity index is 2.74. The highest BCUT2D eigenvalue weighted by Gasteiger charge is 2.16. The lowest BCUT2D eigenvalue weighted by atomic mass is 10.1. The highest BCUT2D eigenvalue weighted by atomic mass is 35.5. The van der Waals surface area contributed by atoms with E-state index in [1.807, 2.05) is 0 Å². The summed E-state index contributed by atoms with van der Waals surface area (Å²) in [5.74, 6) is 4.73. The molecule has 0 bridgehead atoms.